The predicted molar refractivity (Wildman–Crippen MR) is 109 cm³/mol. The number of nitrogens with zero attached hydrogens (tertiary/aromatic N) is 2. The van der Waals surface area contributed by atoms with E-state index < -0.39 is 38.0 Å². The van der Waals surface area contributed by atoms with Gasteiger partial charge in [-0.1, -0.05) is 33.6 Å². The lowest BCUT2D eigenvalue weighted by Gasteiger charge is -2.43. The summed E-state index contributed by atoms with van der Waals surface area (Å²) in [6.45, 7) is 12.8. The number of aromatic nitrogens is 2. The summed E-state index contributed by atoms with van der Waals surface area (Å²) < 4.78 is 13.1. The van der Waals surface area contributed by atoms with E-state index in [1.807, 2.05) is 0 Å². The molecule has 1 saturated heterocycles. The summed E-state index contributed by atoms with van der Waals surface area (Å²) in [7, 11) is -2.22. The van der Waals surface area contributed by atoms with E-state index in [4.69, 9.17) is 21.3 Å². The Kier molecular flexibility index (Phi) is 6.14. The Morgan fingerprint density at radius 2 is 2.14 bits per heavy atom. The molecule has 0 radical (unpaired) electrons. The molecule has 0 aliphatic carbocycles. The molecule has 0 saturated carbocycles. The van der Waals surface area contributed by atoms with E-state index in [0.717, 1.165) is 4.57 Å². The molecule has 4 atom stereocenters. The molecule has 1 aromatic heterocycles. The molecule has 0 unspecified atom stereocenters. The molecule has 1 aliphatic heterocycles. The zero-order valence-electron chi connectivity index (χ0n) is 17.3. The molecule has 156 valence electrons. The molecule has 0 bridgehead atoms. The quantitative estimate of drug-likeness (QED) is 0.475. The highest BCUT2D eigenvalue weighted by Crippen LogP contribution is 2.45. The van der Waals surface area contributed by atoms with E-state index in [9.17, 15) is 15.0 Å². The normalized spacial score (nSPS) is 28.5. The largest absolute Gasteiger partial charge is 0.414 e. The minimum absolute atomic E-state index is 0.000778. The fourth-order valence-corrected chi connectivity index (χ4v) is 5.43. The number of ether oxygens (including phenoxy) is 1. The summed E-state index contributed by atoms with van der Waals surface area (Å²) in [6.07, 6.45) is 3.13. The molecule has 2 heterocycles. The van der Waals surface area contributed by atoms with E-state index in [1.165, 1.54) is 12.3 Å². The highest BCUT2D eigenvalue weighted by Gasteiger charge is 2.56. The van der Waals surface area contributed by atoms with Crippen LogP contribution in [0.3, 0.4) is 0 Å². The molecular weight excluding hydrogens is 378 g/mol. The maximum atomic E-state index is 12.1. The molecule has 4 N–H and O–H groups in total. The summed E-state index contributed by atoms with van der Waals surface area (Å²) in [5.41, 5.74) is 2.79. The Balaban J connectivity index is 2.28. The third-order valence-corrected chi connectivity index (χ3v) is 11.0. The average molecular weight is 410 g/mol. The molecule has 0 amide bonds. The van der Waals surface area contributed by atoms with Gasteiger partial charge in [0.05, 0.1) is 6.61 Å². The third-order valence-electron chi connectivity index (χ3n) is 6.46. The second kappa shape index (κ2) is 7.61. The van der Waals surface area contributed by atoms with Gasteiger partial charge in [-0.2, -0.15) is 4.98 Å². The van der Waals surface area contributed by atoms with Crippen molar-refractivity contribution < 1.29 is 19.4 Å². The van der Waals surface area contributed by atoms with Crippen molar-refractivity contribution >= 4 is 14.1 Å². The zero-order chi connectivity index (χ0) is 21.5. The van der Waals surface area contributed by atoms with Crippen molar-refractivity contribution in [3.63, 3.8) is 0 Å². The number of rotatable bonds is 6. The van der Waals surface area contributed by atoms with Crippen molar-refractivity contribution in [1.29, 1.82) is 0 Å². The topological polar surface area (TPSA) is 120 Å². The molecule has 1 fully saturated rings. The summed E-state index contributed by atoms with van der Waals surface area (Å²) in [4.78, 5) is 15.7. The van der Waals surface area contributed by atoms with Crippen LogP contribution in [0.25, 0.3) is 0 Å². The number of anilines is 1. The standard InChI is InChI=1S/C19H31N3O5Si/c1-8-19(25)13(11-26-28(6,7)18(4,5)12(2)3)27-16(15(19)23)22-10-9-14(20)21-17(22)24/h1,9-10,12-13,15-16,23,25H,11H2,2-7H3,(H2,20,21,24)/t13-,15+,16-,19-/m1/s1. The summed E-state index contributed by atoms with van der Waals surface area (Å²) in [5, 5.41) is 21.5. The number of aliphatic hydroxyl groups excluding tert-OH is 1. The number of aliphatic hydroxyl groups is 2. The smallest absolute Gasteiger partial charge is 0.351 e. The molecule has 0 spiro atoms. The number of nitrogen functional groups attached to an aromatic ring is 1. The number of hydrogen-bond donors (Lipinski definition) is 3. The second-order valence-electron chi connectivity index (χ2n) is 8.67. The Hall–Kier alpha value is -1.70. The van der Waals surface area contributed by atoms with Crippen molar-refractivity contribution in [1.82, 2.24) is 9.55 Å². The lowest BCUT2D eigenvalue weighted by Crippen LogP contribution is -2.52. The molecule has 9 heteroatoms. The Bertz CT molecular complexity index is 817. The molecule has 1 aliphatic rings. The van der Waals surface area contributed by atoms with Gasteiger partial charge in [0.1, 0.15) is 18.0 Å². The number of hydrogen-bond acceptors (Lipinski definition) is 7. The predicted octanol–water partition coefficient (Wildman–Crippen LogP) is 1.11. The fraction of sp³-hybridized carbons (Fsp3) is 0.684. The van der Waals surface area contributed by atoms with Gasteiger partial charge in [-0.25, -0.2) is 4.79 Å². The summed E-state index contributed by atoms with van der Waals surface area (Å²) in [6, 6.07) is 1.40. The van der Waals surface area contributed by atoms with Crippen LogP contribution in [-0.2, 0) is 9.16 Å². The van der Waals surface area contributed by atoms with Gasteiger partial charge in [-0.05, 0) is 30.1 Å². The third kappa shape index (κ3) is 3.75. The lowest BCUT2D eigenvalue weighted by molar-refractivity contribution is -0.0600. The van der Waals surface area contributed by atoms with Gasteiger partial charge >= 0.3 is 5.69 Å². The number of terminal acetylenes is 1. The lowest BCUT2D eigenvalue weighted by atomic mass is 9.93. The van der Waals surface area contributed by atoms with Gasteiger partial charge in [-0.3, -0.25) is 4.57 Å². The van der Waals surface area contributed by atoms with Gasteiger partial charge in [0.15, 0.2) is 20.1 Å². The van der Waals surface area contributed by atoms with E-state index >= 15 is 0 Å². The molecule has 8 nitrogen and oxygen atoms in total. The van der Waals surface area contributed by atoms with Crippen molar-refractivity contribution in [2.24, 2.45) is 5.92 Å². The molecule has 2 rings (SSSR count). The van der Waals surface area contributed by atoms with Crippen LogP contribution in [0.1, 0.15) is 33.9 Å². The zero-order valence-corrected chi connectivity index (χ0v) is 18.3. The summed E-state index contributed by atoms with van der Waals surface area (Å²) in [5.74, 6) is 2.66. The van der Waals surface area contributed by atoms with Crippen molar-refractivity contribution in [2.45, 2.75) is 69.9 Å². The van der Waals surface area contributed by atoms with Gasteiger partial charge in [0, 0.05) is 6.20 Å². The second-order valence-corrected chi connectivity index (χ2v) is 13.3. The van der Waals surface area contributed by atoms with Crippen LogP contribution >= 0.6 is 0 Å². The molecule has 28 heavy (non-hydrogen) atoms. The van der Waals surface area contributed by atoms with Gasteiger partial charge in [0.2, 0.25) is 0 Å². The van der Waals surface area contributed by atoms with Crippen LogP contribution in [-0.4, -0.2) is 52.5 Å². The minimum atomic E-state index is -2.22. The fourth-order valence-electron chi connectivity index (χ4n) is 3.10. The SMILES string of the molecule is C#C[C@@]1(O)[C@@H](CO[Si](C)(C)C(C)(C)C(C)C)O[C@@H](n2ccc(N)nc2=O)[C@@H]1O. The average Bonchev–Trinajstić information content (AvgIpc) is 2.85. The van der Waals surface area contributed by atoms with Gasteiger partial charge in [-0.15, -0.1) is 6.42 Å². The Morgan fingerprint density at radius 1 is 1.54 bits per heavy atom. The molecular formula is C19H31N3O5Si. The highest BCUT2D eigenvalue weighted by molar-refractivity contribution is 6.74. The first-order valence-electron chi connectivity index (χ1n) is 9.30. The first kappa shape index (κ1) is 22.6. The Morgan fingerprint density at radius 3 is 2.64 bits per heavy atom. The monoisotopic (exact) mass is 409 g/mol. The first-order valence-corrected chi connectivity index (χ1v) is 12.2. The van der Waals surface area contributed by atoms with E-state index in [0.29, 0.717) is 5.92 Å². The van der Waals surface area contributed by atoms with Crippen LogP contribution in [0.15, 0.2) is 17.1 Å². The van der Waals surface area contributed by atoms with Crippen LogP contribution in [0, 0.1) is 18.3 Å². The van der Waals surface area contributed by atoms with Crippen LogP contribution < -0.4 is 11.4 Å². The van der Waals surface area contributed by atoms with Crippen LogP contribution in [0.5, 0.6) is 0 Å². The van der Waals surface area contributed by atoms with E-state index in [-0.39, 0.29) is 17.5 Å². The summed E-state index contributed by atoms with van der Waals surface area (Å²) >= 11 is 0. The Labute approximate surface area is 166 Å². The van der Waals surface area contributed by atoms with Gasteiger partial charge in [0.25, 0.3) is 0 Å². The van der Waals surface area contributed by atoms with Crippen molar-refractivity contribution in [3.8, 4) is 12.3 Å². The van der Waals surface area contributed by atoms with Gasteiger partial charge < -0.3 is 25.1 Å². The van der Waals surface area contributed by atoms with Crippen LogP contribution in [0.4, 0.5) is 5.82 Å². The highest BCUT2D eigenvalue weighted by atomic mass is 28.4. The molecule has 0 aromatic carbocycles. The minimum Gasteiger partial charge on any atom is -0.414 e. The van der Waals surface area contributed by atoms with Crippen LogP contribution in [0.2, 0.25) is 18.1 Å². The first-order chi connectivity index (χ1) is 12.8. The maximum Gasteiger partial charge on any atom is 0.351 e. The number of nitrogens with two attached hydrogens (primary N) is 1. The van der Waals surface area contributed by atoms with E-state index in [1.54, 1.807) is 0 Å². The van der Waals surface area contributed by atoms with Crippen molar-refractivity contribution in [3.05, 3.63) is 22.7 Å². The van der Waals surface area contributed by atoms with E-state index in [2.05, 4.69) is 51.7 Å². The molecule has 1 aromatic rings. The van der Waals surface area contributed by atoms with Crippen molar-refractivity contribution in [2.75, 3.05) is 12.3 Å². The maximum absolute atomic E-state index is 12.1.